The number of para-hydroxylation sites is 1. The van der Waals surface area contributed by atoms with Crippen LogP contribution in [0.25, 0.3) is 0 Å². The molecule has 0 amide bonds. The van der Waals surface area contributed by atoms with Gasteiger partial charge >= 0.3 is 0 Å². The first-order valence-electron chi connectivity index (χ1n) is 9.10. The van der Waals surface area contributed by atoms with Crippen LogP contribution in [-0.4, -0.2) is 74.3 Å². The topological polar surface area (TPSA) is 38.7 Å². The van der Waals surface area contributed by atoms with Gasteiger partial charge in [-0.05, 0) is 19.2 Å². The molecule has 0 saturated carbocycles. The van der Waals surface area contributed by atoms with E-state index in [1.54, 1.807) is 6.33 Å². The summed E-state index contributed by atoms with van der Waals surface area (Å²) in [6.07, 6.45) is 1.71. The number of anilines is 3. The van der Waals surface area contributed by atoms with Crippen molar-refractivity contribution in [3.63, 3.8) is 0 Å². The maximum Gasteiger partial charge on any atom is 0.134 e. The summed E-state index contributed by atoms with van der Waals surface area (Å²) in [7, 11) is 2.18. The van der Waals surface area contributed by atoms with Gasteiger partial charge in [-0.3, -0.25) is 0 Å². The molecule has 0 aliphatic carbocycles. The highest BCUT2D eigenvalue weighted by Gasteiger charge is 2.20. The summed E-state index contributed by atoms with van der Waals surface area (Å²) in [5.41, 5.74) is 1.31. The number of likely N-dealkylation sites (N-methyl/N-ethyl adjacent to an activating group) is 1. The molecule has 0 N–H and O–H groups in total. The van der Waals surface area contributed by atoms with Crippen LogP contribution in [0.1, 0.15) is 0 Å². The number of piperazine rings is 2. The van der Waals surface area contributed by atoms with Crippen molar-refractivity contribution in [3.8, 4) is 0 Å². The molecule has 0 bridgehead atoms. The summed E-state index contributed by atoms with van der Waals surface area (Å²) < 4.78 is 0. The van der Waals surface area contributed by atoms with Gasteiger partial charge in [0, 0.05) is 64.1 Å². The molecule has 25 heavy (non-hydrogen) atoms. The monoisotopic (exact) mass is 338 g/mol. The van der Waals surface area contributed by atoms with Crippen molar-refractivity contribution < 1.29 is 0 Å². The van der Waals surface area contributed by atoms with E-state index < -0.39 is 0 Å². The molecule has 1 aromatic carbocycles. The summed E-state index contributed by atoms with van der Waals surface area (Å²) in [4.78, 5) is 18.6. The fourth-order valence-corrected chi connectivity index (χ4v) is 3.55. The first-order chi connectivity index (χ1) is 12.3. The Labute approximate surface area is 149 Å². The minimum absolute atomic E-state index is 0.994. The highest BCUT2D eigenvalue weighted by atomic mass is 15.3. The van der Waals surface area contributed by atoms with Crippen molar-refractivity contribution >= 4 is 17.3 Å². The van der Waals surface area contributed by atoms with Gasteiger partial charge < -0.3 is 19.6 Å². The van der Waals surface area contributed by atoms with Crippen LogP contribution in [0.2, 0.25) is 0 Å². The minimum atomic E-state index is 0.994. The third-order valence-electron chi connectivity index (χ3n) is 5.19. The van der Waals surface area contributed by atoms with E-state index in [4.69, 9.17) is 0 Å². The van der Waals surface area contributed by atoms with Crippen LogP contribution in [0.5, 0.6) is 0 Å². The van der Waals surface area contributed by atoms with Gasteiger partial charge in [0.25, 0.3) is 0 Å². The number of hydrogen-bond acceptors (Lipinski definition) is 6. The molecule has 0 atom stereocenters. The van der Waals surface area contributed by atoms with E-state index in [0.717, 1.165) is 64.0 Å². The van der Waals surface area contributed by atoms with Crippen LogP contribution in [0, 0.1) is 0 Å². The van der Waals surface area contributed by atoms with E-state index in [-0.39, 0.29) is 0 Å². The molecule has 2 saturated heterocycles. The van der Waals surface area contributed by atoms with E-state index in [2.05, 4.69) is 73.0 Å². The predicted octanol–water partition coefficient (Wildman–Crippen LogP) is 1.56. The van der Waals surface area contributed by atoms with Crippen LogP contribution in [-0.2, 0) is 0 Å². The SMILES string of the molecule is CN1CCN(c2cc(N3CCN(c4ccccc4)CC3)ncn2)CC1. The minimum Gasteiger partial charge on any atom is -0.368 e. The molecule has 2 aliphatic heterocycles. The second-order valence-electron chi connectivity index (χ2n) is 6.83. The fourth-order valence-electron chi connectivity index (χ4n) is 3.55. The fraction of sp³-hybridized carbons (Fsp3) is 0.474. The zero-order valence-electron chi connectivity index (χ0n) is 14.9. The Morgan fingerprint density at radius 1 is 0.680 bits per heavy atom. The van der Waals surface area contributed by atoms with Crippen molar-refractivity contribution in [2.45, 2.75) is 0 Å². The summed E-state index contributed by atoms with van der Waals surface area (Å²) >= 11 is 0. The van der Waals surface area contributed by atoms with Gasteiger partial charge in [0.1, 0.15) is 18.0 Å². The predicted molar refractivity (Wildman–Crippen MR) is 103 cm³/mol. The summed E-state index contributed by atoms with van der Waals surface area (Å²) in [6, 6.07) is 12.8. The van der Waals surface area contributed by atoms with Gasteiger partial charge in [0.05, 0.1) is 0 Å². The second kappa shape index (κ2) is 7.27. The first-order valence-corrected chi connectivity index (χ1v) is 9.10. The second-order valence-corrected chi connectivity index (χ2v) is 6.83. The van der Waals surface area contributed by atoms with Gasteiger partial charge in [-0.1, -0.05) is 18.2 Å². The molecule has 2 fully saturated rings. The van der Waals surface area contributed by atoms with Crippen molar-refractivity contribution in [2.24, 2.45) is 0 Å². The highest BCUT2D eigenvalue weighted by Crippen LogP contribution is 2.22. The lowest BCUT2D eigenvalue weighted by Gasteiger charge is -2.37. The molecular formula is C19H26N6. The lowest BCUT2D eigenvalue weighted by Crippen LogP contribution is -2.47. The lowest BCUT2D eigenvalue weighted by atomic mass is 10.2. The van der Waals surface area contributed by atoms with Crippen molar-refractivity contribution in [1.29, 1.82) is 0 Å². The molecule has 132 valence electrons. The lowest BCUT2D eigenvalue weighted by molar-refractivity contribution is 0.312. The number of rotatable bonds is 3. The van der Waals surface area contributed by atoms with E-state index in [1.165, 1.54) is 5.69 Å². The zero-order valence-corrected chi connectivity index (χ0v) is 14.9. The Bertz CT molecular complexity index is 675. The van der Waals surface area contributed by atoms with Crippen LogP contribution >= 0.6 is 0 Å². The van der Waals surface area contributed by atoms with E-state index in [9.17, 15) is 0 Å². The van der Waals surface area contributed by atoms with Crippen molar-refractivity contribution in [2.75, 3.05) is 74.1 Å². The molecule has 0 radical (unpaired) electrons. The maximum absolute atomic E-state index is 4.53. The summed E-state index contributed by atoms with van der Waals surface area (Å²) in [5, 5.41) is 0. The van der Waals surface area contributed by atoms with Crippen LogP contribution in [0.3, 0.4) is 0 Å². The van der Waals surface area contributed by atoms with Crippen molar-refractivity contribution in [3.05, 3.63) is 42.7 Å². The Kier molecular flexibility index (Phi) is 4.70. The Morgan fingerprint density at radius 2 is 1.20 bits per heavy atom. The van der Waals surface area contributed by atoms with Crippen LogP contribution in [0.15, 0.2) is 42.7 Å². The van der Waals surface area contributed by atoms with Gasteiger partial charge in [-0.25, -0.2) is 9.97 Å². The number of nitrogens with zero attached hydrogens (tertiary/aromatic N) is 6. The summed E-state index contributed by atoms with van der Waals surface area (Å²) in [5.74, 6) is 2.11. The quantitative estimate of drug-likeness (QED) is 0.846. The van der Waals surface area contributed by atoms with Gasteiger partial charge in [-0.2, -0.15) is 0 Å². The molecule has 6 nitrogen and oxygen atoms in total. The number of benzene rings is 1. The molecule has 0 spiro atoms. The van der Waals surface area contributed by atoms with Gasteiger partial charge in [0.2, 0.25) is 0 Å². The molecule has 2 aromatic rings. The molecule has 2 aliphatic rings. The van der Waals surface area contributed by atoms with E-state index in [1.807, 2.05) is 0 Å². The Balaban J connectivity index is 1.40. The Hall–Kier alpha value is -2.34. The highest BCUT2D eigenvalue weighted by molar-refractivity contribution is 5.53. The van der Waals surface area contributed by atoms with Gasteiger partial charge in [0.15, 0.2) is 0 Å². The smallest absolute Gasteiger partial charge is 0.134 e. The molecule has 6 heteroatoms. The average molecular weight is 338 g/mol. The van der Waals surface area contributed by atoms with Crippen LogP contribution in [0.4, 0.5) is 17.3 Å². The van der Waals surface area contributed by atoms with Crippen LogP contribution < -0.4 is 14.7 Å². The molecular weight excluding hydrogens is 312 g/mol. The number of aromatic nitrogens is 2. The molecule has 3 heterocycles. The first kappa shape index (κ1) is 16.1. The third kappa shape index (κ3) is 3.69. The molecule has 1 aromatic heterocycles. The Morgan fingerprint density at radius 3 is 1.80 bits per heavy atom. The van der Waals surface area contributed by atoms with Crippen molar-refractivity contribution in [1.82, 2.24) is 14.9 Å². The van der Waals surface area contributed by atoms with E-state index >= 15 is 0 Å². The van der Waals surface area contributed by atoms with Gasteiger partial charge in [-0.15, -0.1) is 0 Å². The molecule has 0 unspecified atom stereocenters. The number of hydrogen-bond donors (Lipinski definition) is 0. The zero-order chi connectivity index (χ0) is 17.1. The maximum atomic E-state index is 4.53. The molecule has 4 rings (SSSR count). The average Bonchev–Trinajstić information content (AvgIpc) is 2.69. The van der Waals surface area contributed by atoms with E-state index in [0.29, 0.717) is 0 Å². The largest absolute Gasteiger partial charge is 0.368 e. The third-order valence-corrected chi connectivity index (χ3v) is 5.19. The summed E-state index contributed by atoms with van der Waals surface area (Å²) in [6.45, 7) is 8.30. The standard InChI is InChI=1S/C19H26N6/c1-22-7-9-24(10-8-22)18-15-19(21-16-20-18)25-13-11-23(12-14-25)17-5-3-2-4-6-17/h2-6,15-16H,7-14H2,1H3. The normalized spacial score (nSPS) is 19.3.